The van der Waals surface area contributed by atoms with Crippen LogP contribution in [0.3, 0.4) is 0 Å². The molecule has 1 saturated heterocycles. The predicted molar refractivity (Wildman–Crippen MR) is 118 cm³/mol. The number of anilines is 1. The lowest BCUT2D eigenvalue weighted by Crippen LogP contribution is -2.43. The quantitative estimate of drug-likeness (QED) is 0.680. The van der Waals surface area contributed by atoms with Gasteiger partial charge in [0.25, 0.3) is 5.91 Å². The van der Waals surface area contributed by atoms with Crippen LogP contribution in [0.1, 0.15) is 22.3 Å². The highest BCUT2D eigenvalue weighted by atomic mass is 35.5. The van der Waals surface area contributed by atoms with E-state index in [-0.39, 0.29) is 24.0 Å². The number of hydrogen-bond donors (Lipinski definition) is 2. The zero-order chi connectivity index (χ0) is 22.2. The number of carbonyl (C=O) groups excluding carboxylic acids is 2. The molecule has 3 rings (SSSR count). The molecule has 0 bridgehead atoms. The van der Waals surface area contributed by atoms with Crippen LogP contribution in [0, 0.1) is 5.82 Å². The number of amides is 3. The molecule has 2 aromatic carbocycles. The highest BCUT2D eigenvalue weighted by molar-refractivity contribution is 6.31. The van der Waals surface area contributed by atoms with E-state index in [0.29, 0.717) is 62.1 Å². The van der Waals surface area contributed by atoms with E-state index >= 15 is 0 Å². The summed E-state index contributed by atoms with van der Waals surface area (Å²) in [5.74, 6) is -0.790. The van der Waals surface area contributed by atoms with E-state index < -0.39 is 5.82 Å². The van der Waals surface area contributed by atoms with Gasteiger partial charge in [-0.3, -0.25) is 4.79 Å². The minimum absolute atomic E-state index is 0.204. The molecule has 0 atom stereocenters. The molecular formula is C22H26ClFN4O3. The molecule has 3 amide bonds. The van der Waals surface area contributed by atoms with E-state index in [1.807, 2.05) is 0 Å². The first-order valence-electron chi connectivity index (χ1n) is 10.1. The molecule has 2 aromatic rings. The number of hydrogen-bond acceptors (Lipinski definition) is 4. The third-order valence-electron chi connectivity index (χ3n) is 4.95. The first kappa shape index (κ1) is 23.0. The first-order chi connectivity index (χ1) is 15.0. The minimum atomic E-state index is -0.476. The first-order valence-corrected chi connectivity index (χ1v) is 10.5. The Morgan fingerprint density at radius 1 is 1.19 bits per heavy atom. The summed E-state index contributed by atoms with van der Waals surface area (Å²) in [6.07, 6.45) is 0.589. The van der Waals surface area contributed by atoms with Gasteiger partial charge < -0.3 is 25.6 Å². The standard InChI is InChI=1S/C22H26ClFN4O3/c23-20-6-5-19(26-22(30)27-9-11-31-12-10-27)14-17(20)15-28(8-2-7-25)21(29)16-3-1-4-18(24)13-16/h1,3-6,13-14H,2,7-12,15,25H2,(H,26,30). The highest BCUT2D eigenvalue weighted by Crippen LogP contribution is 2.24. The fourth-order valence-corrected chi connectivity index (χ4v) is 3.46. The van der Waals surface area contributed by atoms with Crippen LogP contribution in [0.2, 0.25) is 5.02 Å². The molecule has 0 spiro atoms. The number of urea groups is 1. The van der Waals surface area contributed by atoms with Gasteiger partial charge in [-0.05, 0) is 54.9 Å². The number of nitrogens with zero attached hydrogens (tertiary/aromatic N) is 2. The summed E-state index contributed by atoms with van der Waals surface area (Å²) in [5, 5.41) is 3.33. The largest absolute Gasteiger partial charge is 0.378 e. The molecule has 166 valence electrons. The normalized spacial score (nSPS) is 13.7. The third kappa shape index (κ3) is 6.40. The van der Waals surface area contributed by atoms with Crippen molar-refractivity contribution >= 4 is 29.2 Å². The SMILES string of the molecule is NCCCN(Cc1cc(NC(=O)N2CCOCC2)ccc1Cl)C(=O)c1cccc(F)c1. The molecule has 0 radical (unpaired) electrons. The molecule has 3 N–H and O–H groups in total. The molecule has 0 aromatic heterocycles. The smallest absolute Gasteiger partial charge is 0.321 e. The Hall–Kier alpha value is -2.68. The Morgan fingerprint density at radius 3 is 2.68 bits per heavy atom. The number of rotatable bonds is 7. The number of nitrogens with one attached hydrogen (secondary N) is 1. The number of nitrogens with two attached hydrogens (primary N) is 1. The van der Waals surface area contributed by atoms with Gasteiger partial charge in [-0.2, -0.15) is 0 Å². The fraction of sp³-hybridized carbons (Fsp3) is 0.364. The molecule has 0 aliphatic carbocycles. The molecular weight excluding hydrogens is 423 g/mol. The van der Waals surface area contributed by atoms with Gasteiger partial charge in [-0.15, -0.1) is 0 Å². The van der Waals surface area contributed by atoms with Crippen molar-refractivity contribution in [3.8, 4) is 0 Å². The van der Waals surface area contributed by atoms with E-state index in [1.54, 1.807) is 34.1 Å². The van der Waals surface area contributed by atoms with Crippen LogP contribution in [0.15, 0.2) is 42.5 Å². The van der Waals surface area contributed by atoms with E-state index in [2.05, 4.69) is 5.32 Å². The fourth-order valence-electron chi connectivity index (χ4n) is 3.29. The lowest BCUT2D eigenvalue weighted by molar-refractivity contribution is 0.0564. The number of halogens is 2. The lowest BCUT2D eigenvalue weighted by Gasteiger charge is -2.27. The third-order valence-corrected chi connectivity index (χ3v) is 5.32. The number of benzene rings is 2. The van der Waals surface area contributed by atoms with Gasteiger partial charge >= 0.3 is 6.03 Å². The molecule has 1 fully saturated rings. The van der Waals surface area contributed by atoms with Crippen LogP contribution >= 0.6 is 11.6 Å². The number of carbonyl (C=O) groups is 2. The summed E-state index contributed by atoms with van der Waals surface area (Å²) in [6.45, 7) is 3.09. The summed E-state index contributed by atoms with van der Waals surface area (Å²) >= 11 is 6.37. The van der Waals surface area contributed by atoms with Gasteiger partial charge in [0.05, 0.1) is 13.2 Å². The van der Waals surface area contributed by atoms with Crippen molar-refractivity contribution in [2.24, 2.45) is 5.73 Å². The van der Waals surface area contributed by atoms with E-state index in [0.717, 1.165) is 0 Å². The minimum Gasteiger partial charge on any atom is -0.378 e. The summed E-state index contributed by atoms with van der Waals surface area (Å²) in [6, 6.07) is 10.5. The van der Waals surface area contributed by atoms with Crippen molar-refractivity contribution in [1.29, 1.82) is 0 Å². The molecule has 1 aliphatic rings. The number of morpholine rings is 1. The Bertz CT molecular complexity index is 921. The maximum Gasteiger partial charge on any atom is 0.321 e. The summed E-state index contributed by atoms with van der Waals surface area (Å²) in [4.78, 5) is 28.7. The number of ether oxygens (including phenoxy) is 1. The molecule has 1 heterocycles. The van der Waals surface area contributed by atoms with Crippen molar-refractivity contribution in [2.75, 3.05) is 44.7 Å². The topological polar surface area (TPSA) is 87.9 Å². The highest BCUT2D eigenvalue weighted by Gasteiger charge is 2.20. The van der Waals surface area contributed by atoms with Crippen LogP contribution in [-0.4, -0.2) is 61.1 Å². The molecule has 31 heavy (non-hydrogen) atoms. The Balaban J connectivity index is 1.76. The molecule has 7 nitrogen and oxygen atoms in total. The summed E-state index contributed by atoms with van der Waals surface area (Å²) < 4.78 is 18.9. The maximum absolute atomic E-state index is 13.6. The monoisotopic (exact) mass is 448 g/mol. The van der Waals surface area contributed by atoms with Gasteiger partial charge in [0, 0.05) is 42.5 Å². The molecule has 0 saturated carbocycles. The van der Waals surface area contributed by atoms with E-state index in [4.69, 9.17) is 22.1 Å². The van der Waals surface area contributed by atoms with Gasteiger partial charge in [0.15, 0.2) is 0 Å². The van der Waals surface area contributed by atoms with Gasteiger partial charge in [-0.1, -0.05) is 17.7 Å². The Kier molecular flexibility index (Phi) is 8.22. The van der Waals surface area contributed by atoms with Crippen LogP contribution < -0.4 is 11.1 Å². The predicted octanol–water partition coefficient (Wildman–Crippen LogP) is 3.33. The Labute approximate surface area is 185 Å². The molecule has 9 heteroatoms. The zero-order valence-corrected chi connectivity index (χ0v) is 17.9. The average Bonchev–Trinajstić information content (AvgIpc) is 2.78. The van der Waals surface area contributed by atoms with Crippen molar-refractivity contribution < 1.29 is 18.7 Å². The summed E-state index contributed by atoms with van der Waals surface area (Å²) in [5.41, 5.74) is 7.13. The molecule has 0 unspecified atom stereocenters. The lowest BCUT2D eigenvalue weighted by atomic mass is 10.1. The second kappa shape index (κ2) is 11.1. The molecule has 1 aliphatic heterocycles. The van der Waals surface area contributed by atoms with Crippen molar-refractivity contribution in [3.05, 3.63) is 64.4 Å². The zero-order valence-electron chi connectivity index (χ0n) is 17.2. The van der Waals surface area contributed by atoms with Crippen LogP contribution in [0.25, 0.3) is 0 Å². The van der Waals surface area contributed by atoms with Crippen molar-refractivity contribution in [2.45, 2.75) is 13.0 Å². The average molecular weight is 449 g/mol. The van der Waals surface area contributed by atoms with Gasteiger partial charge in [0.1, 0.15) is 5.82 Å². The van der Waals surface area contributed by atoms with Crippen molar-refractivity contribution in [1.82, 2.24) is 9.80 Å². The maximum atomic E-state index is 13.6. The van der Waals surface area contributed by atoms with Gasteiger partial charge in [0.2, 0.25) is 0 Å². The van der Waals surface area contributed by atoms with E-state index in [9.17, 15) is 14.0 Å². The Morgan fingerprint density at radius 2 is 1.97 bits per heavy atom. The summed E-state index contributed by atoms with van der Waals surface area (Å²) in [7, 11) is 0. The van der Waals surface area contributed by atoms with Crippen LogP contribution in [0.5, 0.6) is 0 Å². The second-order valence-corrected chi connectivity index (χ2v) is 7.62. The van der Waals surface area contributed by atoms with Crippen molar-refractivity contribution in [3.63, 3.8) is 0 Å². The van der Waals surface area contributed by atoms with Crippen LogP contribution in [-0.2, 0) is 11.3 Å². The van der Waals surface area contributed by atoms with Crippen LogP contribution in [0.4, 0.5) is 14.9 Å². The second-order valence-electron chi connectivity index (χ2n) is 7.22. The van der Waals surface area contributed by atoms with Gasteiger partial charge in [-0.25, -0.2) is 9.18 Å². The van der Waals surface area contributed by atoms with E-state index in [1.165, 1.54) is 18.2 Å².